The number of aromatic amines is 1. The summed E-state index contributed by atoms with van der Waals surface area (Å²) in [7, 11) is 0. The highest BCUT2D eigenvalue weighted by Crippen LogP contribution is 2.33. The molecule has 0 bridgehead atoms. The van der Waals surface area contributed by atoms with Crippen molar-refractivity contribution in [1.29, 1.82) is 0 Å². The summed E-state index contributed by atoms with van der Waals surface area (Å²) >= 11 is 3.30. The molecule has 0 saturated carbocycles. The Bertz CT molecular complexity index is 1090. The van der Waals surface area contributed by atoms with Crippen molar-refractivity contribution in [2.45, 2.75) is 51.3 Å². The van der Waals surface area contributed by atoms with Crippen LogP contribution in [0.2, 0.25) is 0 Å². The molecule has 0 saturated heterocycles. The van der Waals surface area contributed by atoms with Crippen LogP contribution < -0.4 is 10.9 Å². The van der Waals surface area contributed by atoms with Gasteiger partial charge in [-0.3, -0.25) is 9.59 Å². The van der Waals surface area contributed by atoms with Crippen molar-refractivity contribution in [1.82, 2.24) is 15.3 Å². The van der Waals surface area contributed by atoms with Gasteiger partial charge in [0.1, 0.15) is 10.7 Å². The number of hydrogen-bond donors (Lipinski definition) is 2. The molecule has 5 nitrogen and oxygen atoms in total. The molecule has 0 spiro atoms. The lowest BCUT2D eigenvalue weighted by Crippen LogP contribution is -2.23. The van der Waals surface area contributed by atoms with E-state index in [1.54, 1.807) is 23.1 Å². The van der Waals surface area contributed by atoms with Crippen LogP contribution in [0.25, 0.3) is 10.2 Å². The van der Waals surface area contributed by atoms with Crippen molar-refractivity contribution in [3.8, 4) is 0 Å². The number of carbonyl (C=O) groups is 1. The number of thiophene rings is 1. The first-order valence-corrected chi connectivity index (χ1v) is 12.0. The Morgan fingerprint density at radius 2 is 2.10 bits per heavy atom. The molecule has 3 aromatic rings. The van der Waals surface area contributed by atoms with E-state index in [1.807, 2.05) is 31.2 Å². The molecule has 1 aromatic carbocycles. The zero-order valence-electron chi connectivity index (χ0n) is 16.5. The third-order valence-electron chi connectivity index (χ3n) is 5.32. The Hall–Kier alpha value is -2.12. The standard InChI is InChI=1S/C22H25N3O2S2/c1-14-6-2-3-7-15(14)12-23-19(26)10-11-28-13-18-24-21(27)20-16-8-4-5-9-17(16)29-22(20)25-18/h2-3,6-7H,4-5,8-13H2,1H3,(H,23,26)(H,24,25,27). The van der Waals surface area contributed by atoms with E-state index in [9.17, 15) is 9.59 Å². The van der Waals surface area contributed by atoms with Gasteiger partial charge in [0.25, 0.3) is 5.56 Å². The first-order chi connectivity index (χ1) is 14.1. The highest BCUT2D eigenvalue weighted by Gasteiger charge is 2.19. The quantitative estimate of drug-likeness (QED) is 0.557. The number of rotatable bonds is 7. The molecule has 1 aliphatic rings. The van der Waals surface area contributed by atoms with E-state index in [1.165, 1.54) is 22.4 Å². The molecular weight excluding hydrogens is 402 g/mol. The van der Waals surface area contributed by atoms with Gasteiger partial charge in [0.05, 0.1) is 11.1 Å². The summed E-state index contributed by atoms with van der Waals surface area (Å²) in [5.74, 6) is 2.05. The molecule has 2 aromatic heterocycles. The molecule has 2 heterocycles. The van der Waals surface area contributed by atoms with Gasteiger partial charge in [0, 0.05) is 23.6 Å². The van der Waals surface area contributed by atoms with Crippen molar-refractivity contribution < 1.29 is 4.79 Å². The summed E-state index contributed by atoms with van der Waals surface area (Å²) in [6, 6.07) is 8.06. The second-order valence-corrected chi connectivity index (χ2v) is 9.60. The number of amides is 1. The van der Waals surface area contributed by atoms with Crippen molar-refractivity contribution in [2.75, 3.05) is 5.75 Å². The summed E-state index contributed by atoms with van der Waals surface area (Å²) in [6.07, 6.45) is 4.87. The number of hydrogen-bond acceptors (Lipinski definition) is 5. The van der Waals surface area contributed by atoms with Crippen LogP contribution in [0.3, 0.4) is 0 Å². The van der Waals surface area contributed by atoms with E-state index < -0.39 is 0 Å². The molecule has 2 N–H and O–H groups in total. The number of benzene rings is 1. The smallest absolute Gasteiger partial charge is 0.259 e. The minimum atomic E-state index is -0.0130. The lowest BCUT2D eigenvalue weighted by molar-refractivity contribution is -0.120. The fourth-order valence-corrected chi connectivity index (χ4v) is 5.79. The SMILES string of the molecule is Cc1ccccc1CNC(=O)CCSCc1nc2sc3c(c2c(=O)[nH]1)CCCC3. The molecule has 7 heteroatoms. The molecule has 4 rings (SSSR count). The van der Waals surface area contributed by atoms with Gasteiger partial charge in [-0.1, -0.05) is 24.3 Å². The third-order valence-corrected chi connectivity index (χ3v) is 7.48. The summed E-state index contributed by atoms with van der Waals surface area (Å²) < 4.78 is 0. The average molecular weight is 428 g/mol. The van der Waals surface area contributed by atoms with Crippen molar-refractivity contribution in [3.63, 3.8) is 0 Å². The maximum Gasteiger partial charge on any atom is 0.259 e. The predicted octanol–water partition coefficient (Wildman–Crippen LogP) is 4.11. The second-order valence-electron chi connectivity index (χ2n) is 7.41. The van der Waals surface area contributed by atoms with Crippen LogP contribution in [0, 0.1) is 6.92 Å². The molecule has 0 aliphatic heterocycles. The van der Waals surface area contributed by atoms with Crippen LogP contribution in [0.15, 0.2) is 29.1 Å². The van der Waals surface area contributed by atoms with Gasteiger partial charge < -0.3 is 10.3 Å². The molecule has 29 heavy (non-hydrogen) atoms. The number of carbonyl (C=O) groups excluding carboxylic acids is 1. The van der Waals surface area contributed by atoms with Gasteiger partial charge in [-0.25, -0.2) is 4.98 Å². The number of H-pyrrole nitrogens is 1. The Morgan fingerprint density at radius 3 is 2.97 bits per heavy atom. The third kappa shape index (κ3) is 4.73. The van der Waals surface area contributed by atoms with Gasteiger partial charge in [-0.15, -0.1) is 11.3 Å². The fraction of sp³-hybridized carbons (Fsp3) is 0.409. The fourth-order valence-electron chi connectivity index (χ4n) is 3.70. The molecular formula is C22H25N3O2S2. The van der Waals surface area contributed by atoms with Crippen molar-refractivity contribution in [2.24, 2.45) is 0 Å². The number of fused-ring (bicyclic) bond motifs is 3. The molecule has 152 valence electrons. The maximum atomic E-state index is 12.6. The minimum Gasteiger partial charge on any atom is -0.352 e. The average Bonchev–Trinajstić information content (AvgIpc) is 3.09. The molecule has 1 aliphatic carbocycles. The number of nitrogens with zero attached hydrogens (tertiary/aromatic N) is 1. The van der Waals surface area contributed by atoms with Crippen LogP contribution in [-0.4, -0.2) is 21.6 Å². The van der Waals surface area contributed by atoms with Gasteiger partial charge in [0.15, 0.2) is 0 Å². The first-order valence-electron chi connectivity index (χ1n) is 10.0. The molecule has 0 unspecified atom stereocenters. The lowest BCUT2D eigenvalue weighted by Gasteiger charge is -2.09. The minimum absolute atomic E-state index is 0.0130. The zero-order valence-corrected chi connectivity index (χ0v) is 18.2. The van der Waals surface area contributed by atoms with E-state index in [0.29, 0.717) is 30.3 Å². The second kappa shape index (κ2) is 9.13. The van der Waals surface area contributed by atoms with Crippen LogP contribution in [0.5, 0.6) is 0 Å². The van der Waals surface area contributed by atoms with Gasteiger partial charge in [0.2, 0.25) is 5.91 Å². The first kappa shape index (κ1) is 20.2. The zero-order chi connectivity index (χ0) is 20.2. The Kier molecular flexibility index (Phi) is 6.35. The number of aromatic nitrogens is 2. The van der Waals surface area contributed by atoms with Gasteiger partial charge >= 0.3 is 0 Å². The molecule has 0 radical (unpaired) electrons. The van der Waals surface area contributed by atoms with Gasteiger partial charge in [-0.2, -0.15) is 11.8 Å². The van der Waals surface area contributed by atoms with Crippen LogP contribution in [-0.2, 0) is 29.9 Å². The normalized spacial score (nSPS) is 13.4. The van der Waals surface area contributed by atoms with E-state index in [-0.39, 0.29) is 11.5 Å². The maximum absolute atomic E-state index is 12.6. The van der Waals surface area contributed by atoms with Crippen molar-refractivity contribution in [3.05, 3.63) is 62.0 Å². The summed E-state index contributed by atoms with van der Waals surface area (Å²) in [5.41, 5.74) is 3.53. The highest BCUT2D eigenvalue weighted by atomic mass is 32.2. The summed E-state index contributed by atoms with van der Waals surface area (Å²) in [4.78, 5) is 34.5. The van der Waals surface area contributed by atoms with E-state index in [0.717, 1.165) is 35.0 Å². The lowest BCUT2D eigenvalue weighted by atomic mass is 9.97. The Labute approximate surface area is 178 Å². The summed E-state index contributed by atoms with van der Waals surface area (Å²) in [5, 5.41) is 3.78. The van der Waals surface area contributed by atoms with E-state index >= 15 is 0 Å². The largest absolute Gasteiger partial charge is 0.352 e. The number of thioether (sulfide) groups is 1. The summed E-state index contributed by atoms with van der Waals surface area (Å²) in [6.45, 7) is 2.61. The topological polar surface area (TPSA) is 74.8 Å². The molecule has 1 amide bonds. The highest BCUT2D eigenvalue weighted by molar-refractivity contribution is 7.98. The number of aryl methyl sites for hydroxylation is 3. The van der Waals surface area contributed by atoms with Gasteiger partial charge in [-0.05, 0) is 49.3 Å². The predicted molar refractivity (Wildman–Crippen MR) is 121 cm³/mol. The van der Waals surface area contributed by atoms with Crippen LogP contribution in [0.1, 0.15) is 46.7 Å². The Morgan fingerprint density at radius 1 is 1.28 bits per heavy atom. The monoisotopic (exact) mass is 427 g/mol. The van der Waals surface area contributed by atoms with Crippen molar-refractivity contribution >= 4 is 39.2 Å². The Balaban J connectivity index is 1.28. The number of nitrogens with one attached hydrogen (secondary N) is 2. The van der Waals surface area contributed by atoms with E-state index in [2.05, 4.69) is 15.3 Å². The van der Waals surface area contributed by atoms with E-state index in [4.69, 9.17) is 0 Å². The van der Waals surface area contributed by atoms with Crippen LogP contribution >= 0.6 is 23.1 Å². The molecule has 0 atom stereocenters. The van der Waals surface area contributed by atoms with Crippen LogP contribution in [0.4, 0.5) is 0 Å². The molecule has 0 fully saturated rings.